The summed E-state index contributed by atoms with van der Waals surface area (Å²) in [6, 6.07) is 8.07. The summed E-state index contributed by atoms with van der Waals surface area (Å²) in [6.45, 7) is 4.53. The number of nitrogens with zero attached hydrogens (tertiary/aromatic N) is 2. The third-order valence-corrected chi connectivity index (χ3v) is 6.79. The molecule has 0 saturated heterocycles. The summed E-state index contributed by atoms with van der Waals surface area (Å²) in [5, 5.41) is 6.16. The maximum absolute atomic E-state index is 12.6. The van der Waals surface area contributed by atoms with Crippen LogP contribution in [0, 0.1) is 11.8 Å². The van der Waals surface area contributed by atoms with Crippen LogP contribution in [0.15, 0.2) is 51.5 Å². The third-order valence-electron chi connectivity index (χ3n) is 6.79. The molecule has 1 unspecified atom stereocenters. The molecule has 0 bridgehead atoms. The average Bonchev–Trinajstić information content (AvgIpc) is 3.75. The Bertz CT molecular complexity index is 1120. The molecule has 2 atom stereocenters. The van der Waals surface area contributed by atoms with E-state index in [0.29, 0.717) is 29.8 Å². The number of oxazole rings is 1. The van der Waals surface area contributed by atoms with Gasteiger partial charge in [0.1, 0.15) is 0 Å². The highest BCUT2D eigenvalue weighted by Gasteiger charge is 2.32. The lowest BCUT2D eigenvalue weighted by Gasteiger charge is -2.14. The molecular weight excluding hydrogens is 416 g/mol. The Kier molecular flexibility index (Phi) is 5.87. The Morgan fingerprint density at radius 3 is 2.58 bits per heavy atom. The summed E-state index contributed by atoms with van der Waals surface area (Å²) < 4.78 is 5.78. The number of aliphatic imine (C=N–C) groups is 1. The second-order valence-electron chi connectivity index (χ2n) is 9.41. The van der Waals surface area contributed by atoms with E-state index in [0.717, 1.165) is 23.3 Å². The number of hydrogen-bond donors (Lipinski definition) is 2. The van der Waals surface area contributed by atoms with Gasteiger partial charge in [-0.15, -0.1) is 0 Å². The number of nitrogens with one attached hydrogen (secondary N) is 2. The lowest BCUT2D eigenvalue weighted by molar-refractivity contribution is -0.118. The largest absolute Gasteiger partial charge is 0.431 e. The molecule has 1 aliphatic heterocycles. The number of carbonyl (C=O) groups excluding carboxylic acids is 2. The average molecular weight is 447 g/mol. The van der Waals surface area contributed by atoms with Gasteiger partial charge >= 0.3 is 0 Å². The van der Waals surface area contributed by atoms with E-state index in [1.807, 2.05) is 30.3 Å². The Balaban J connectivity index is 1.26. The zero-order chi connectivity index (χ0) is 22.9. The van der Waals surface area contributed by atoms with Crippen molar-refractivity contribution in [1.82, 2.24) is 15.6 Å². The predicted octanol–water partition coefficient (Wildman–Crippen LogP) is 3.90. The molecule has 2 aliphatic carbocycles. The molecule has 2 heterocycles. The van der Waals surface area contributed by atoms with Crippen LogP contribution in [-0.4, -0.2) is 41.1 Å². The molecule has 2 saturated carbocycles. The van der Waals surface area contributed by atoms with Crippen LogP contribution in [0.4, 0.5) is 0 Å². The van der Waals surface area contributed by atoms with Crippen molar-refractivity contribution in [1.29, 1.82) is 0 Å². The van der Waals surface area contributed by atoms with Crippen molar-refractivity contribution < 1.29 is 14.0 Å². The molecule has 0 radical (unpaired) electrons. The van der Waals surface area contributed by atoms with Gasteiger partial charge in [-0.05, 0) is 69.1 Å². The minimum Gasteiger partial charge on any atom is -0.431 e. The Hall–Kier alpha value is -3.22. The van der Waals surface area contributed by atoms with E-state index in [1.54, 1.807) is 0 Å². The molecule has 2 fully saturated rings. The number of rotatable bonds is 9. The van der Waals surface area contributed by atoms with Crippen molar-refractivity contribution in [3.05, 3.63) is 53.4 Å². The van der Waals surface area contributed by atoms with Crippen molar-refractivity contribution in [2.75, 3.05) is 6.54 Å². The Morgan fingerprint density at radius 2 is 1.85 bits per heavy atom. The molecule has 2 amide bonds. The molecule has 5 rings (SSSR count). The van der Waals surface area contributed by atoms with Crippen LogP contribution in [-0.2, 0) is 4.79 Å². The molecule has 3 aliphatic rings. The molecule has 7 nitrogen and oxygen atoms in total. The van der Waals surface area contributed by atoms with Gasteiger partial charge in [-0.3, -0.25) is 14.6 Å². The highest BCUT2D eigenvalue weighted by atomic mass is 16.4. The summed E-state index contributed by atoms with van der Waals surface area (Å²) in [6.07, 6.45) is 8.98. The van der Waals surface area contributed by atoms with Crippen LogP contribution in [0.2, 0.25) is 0 Å². The number of benzene rings is 1. The van der Waals surface area contributed by atoms with Gasteiger partial charge in [0.05, 0.1) is 18.5 Å². The highest BCUT2D eigenvalue weighted by molar-refractivity contribution is 6.15. The number of aromatic nitrogens is 1. The van der Waals surface area contributed by atoms with E-state index in [1.165, 1.54) is 31.9 Å². The quantitative estimate of drug-likeness (QED) is 0.610. The first-order chi connectivity index (χ1) is 16.0. The first-order valence-electron chi connectivity index (χ1n) is 11.9. The topological polar surface area (TPSA) is 96.6 Å². The fourth-order valence-electron chi connectivity index (χ4n) is 4.37. The zero-order valence-corrected chi connectivity index (χ0v) is 19.1. The minimum atomic E-state index is -0.220. The second kappa shape index (κ2) is 8.96. The van der Waals surface area contributed by atoms with Crippen LogP contribution in [0.25, 0.3) is 11.5 Å². The van der Waals surface area contributed by atoms with Gasteiger partial charge in [0, 0.05) is 28.8 Å². The van der Waals surface area contributed by atoms with Crippen molar-refractivity contribution in [2.45, 2.75) is 58.0 Å². The first-order valence-corrected chi connectivity index (χ1v) is 11.9. The van der Waals surface area contributed by atoms with Crippen molar-refractivity contribution in [3.8, 4) is 11.5 Å². The monoisotopic (exact) mass is 446 g/mol. The van der Waals surface area contributed by atoms with Gasteiger partial charge in [0.25, 0.3) is 5.91 Å². The molecule has 33 heavy (non-hydrogen) atoms. The van der Waals surface area contributed by atoms with E-state index < -0.39 is 0 Å². The second-order valence-corrected chi connectivity index (χ2v) is 9.41. The molecule has 0 spiro atoms. The van der Waals surface area contributed by atoms with Gasteiger partial charge in [-0.2, -0.15) is 0 Å². The summed E-state index contributed by atoms with van der Waals surface area (Å²) in [4.78, 5) is 34.0. The predicted molar refractivity (Wildman–Crippen MR) is 126 cm³/mol. The van der Waals surface area contributed by atoms with Gasteiger partial charge < -0.3 is 15.1 Å². The maximum Gasteiger partial charge on any atom is 0.288 e. The minimum absolute atomic E-state index is 0.0377. The van der Waals surface area contributed by atoms with Crippen molar-refractivity contribution >= 4 is 17.5 Å². The number of amides is 2. The standard InChI is InChI=1S/C26H30N4O3/c1-3-21(17-9-10-17)30-25(32)23-14-28-26(33-23)19-6-4-5-18(11-19)22-12-20(13-27-22)24(31)29-15(2)16-7-8-16/h4-6,11-12,14-17,21H,3,7-10,13H2,1-2H3,(H,29,31)(H,30,32)/t15-,21?/m0/s1. The first kappa shape index (κ1) is 21.6. The van der Waals surface area contributed by atoms with Crippen LogP contribution in [0.5, 0.6) is 0 Å². The third kappa shape index (κ3) is 4.92. The van der Waals surface area contributed by atoms with E-state index >= 15 is 0 Å². The molecule has 2 N–H and O–H groups in total. The van der Waals surface area contributed by atoms with E-state index in [4.69, 9.17) is 4.42 Å². The fourth-order valence-corrected chi connectivity index (χ4v) is 4.37. The molecular formula is C26H30N4O3. The highest BCUT2D eigenvalue weighted by Crippen LogP contribution is 2.34. The fraction of sp³-hybridized carbons (Fsp3) is 0.462. The van der Waals surface area contributed by atoms with E-state index in [-0.39, 0.29) is 29.7 Å². The van der Waals surface area contributed by atoms with E-state index in [9.17, 15) is 9.59 Å². The van der Waals surface area contributed by atoms with E-state index in [2.05, 4.69) is 34.5 Å². The normalized spacial score (nSPS) is 19.5. The Labute approximate surface area is 193 Å². The summed E-state index contributed by atoms with van der Waals surface area (Å²) >= 11 is 0. The van der Waals surface area contributed by atoms with Crippen LogP contribution in [0.3, 0.4) is 0 Å². The lowest BCUT2D eigenvalue weighted by atomic mass is 10.1. The van der Waals surface area contributed by atoms with Crippen molar-refractivity contribution in [2.24, 2.45) is 16.8 Å². The van der Waals surface area contributed by atoms with Crippen molar-refractivity contribution in [3.63, 3.8) is 0 Å². The number of hydrogen-bond acceptors (Lipinski definition) is 5. The molecule has 1 aromatic carbocycles. The number of allylic oxidation sites excluding steroid dienone is 1. The van der Waals surface area contributed by atoms with Crippen LogP contribution >= 0.6 is 0 Å². The van der Waals surface area contributed by atoms with Gasteiger partial charge in [-0.25, -0.2) is 4.98 Å². The van der Waals surface area contributed by atoms with Crippen LogP contribution < -0.4 is 10.6 Å². The molecule has 1 aromatic heterocycles. The Morgan fingerprint density at radius 1 is 1.09 bits per heavy atom. The van der Waals surface area contributed by atoms with Gasteiger partial charge in [0.2, 0.25) is 17.6 Å². The SMILES string of the molecule is CCC(NC(=O)c1cnc(-c2cccc(C3=NCC(C(=O)N[C@@H](C)C4CC4)=C3)c2)o1)C1CC1. The lowest BCUT2D eigenvalue weighted by Crippen LogP contribution is -2.35. The molecule has 2 aromatic rings. The molecule has 7 heteroatoms. The summed E-state index contributed by atoms with van der Waals surface area (Å²) in [5.41, 5.74) is 3.09. The molecule has 172 valence electrons. The van der Waals surface area contributed by atoms with Gasteiger partial charge in [0.15, 0.2) is 0 Å². The summed E-state index contributed by atoms with van der Waals surface area (Å²) in [7, 11) is 0. The van der Waals surface area contributed by atoms with Gasteiger partial charge in [-0.1, -0.05) is 19.1 Å². The van der Waals surface area contributed by atoms with Crippen LogP contribution in [0.1, 0.15) is 62.1 Å². The number of carbonyl (C=O) groups is 2. The zero-order valence-electron chi connectivity index (χ0n) is 19.1. The smallest absolute Gasteiger partial charge is 0.288 e. The summed E-state index contributed by atoms with van der Waals surface area (Å²) in [5.74, 6) is 1.55. The maximum atomic E-state index is 12.6.